The van der Waals surface area contributed by atoms with Crippen molar-refractivity contribution in [1.29, 1.82) is 0 Å². The largest absolute Gasteiger partial charge is 0.486 e. The molecule has 1 aliphatic heterocycles. The number of ether oxygens (including phenoxy) is 2. The topological polar surface area (TPSA) is 64.6 Å². The van der Waals surface area contributed by atoms with Crippen LogP contribution in [0.5, 0.6) is 11.5 Å². The van der Waals surface area contributed by atoms with Crippen LogP contribution in [0.1, 0.15) is 10.4 Å². The second kappa shape index (κ2) is 8.00. The summed E-state index contributed by atoms with van der Waals surface area (Å²) in [6.07, 6.45) is 0. The first-order valence-corrected chi connectivity index (χ1v) is 10.1. The van der Waals surface area contributed by atoms with E-state index in [1.54, 1.807) is 23.5 Å². The van der Waals surface area contributed by atoms with Crippen LogP contribution < -0.4 is 14.8 Å². The van der Waals surface area contributed by atoms with E-state index in [1.807, 2.05) is 17.5 Å². The van der Waals surface area contributed by atoms with Crippen molar-refractivity contribution >= 4 is 39.6 Å². The highest BCUT2D eigenvalue weighted by Crippen LogP contribution is 2.38. The first-order valence-electron chi connectivity index (χ1n) is 7.34. The van der Waals surface area contributed by atoms with Gasteiger partial charge < -0.3 is 14.8 Å². The quantitative estimate of drug-likeness (QED) is 0.830. The average molecular weight is 386 g/mol. The molecule has 0 bridgehead atoms. The number of carbonyl (C=O) groups excluding carboxylic acids is 1. The number of halogens is 1. The van der Waals surface area contributed by atoms with Crippen LogP contribution in [0.2, 0.25) is 5.02 Å². The molecule has 24 heavy (non-hydrogen) atoms. The summed E-state index contributed by atoms with van der Waals surface area (Å²) in [7, 11) is -1.32. The van der Waals surface area contributed by atoms with Gasteiger partial charge in [0.1, 0.15) is 19.0 Å². The molecular formula is C16H16ClNO4S2. The maximum atomic E-state index is 12.2. The molecule has 0 unspecified atom stereocenters. The Morgan fingerprint density at radius 1 is 1.33 bits per heavy atom. The zero-order valence-corrected chi connectivity index (χ0v) is 15.1. The van der Waals surface area contributed by atoms with Crippen LogP contribution >= 0.6 is 22.9 Å². The fraction of sp³-hybridized carbons (Fsp3) is 0.312. The van der Waals surface area contributed by atoms with E-state index >= 15 is 0 Å². The third kappa shape index (κ3) is 4.49. The Bertz CT molecular complexity index is 749. The fourth-order valence-corrected chi connectivity index (χ4v) is 4.25. The minimum absolute atomic E-state index is 0.0442. The molecular weight excluding hydrogens is 370 g/mol. The predicted octanol–water partition coefficient (Wildman–Crippen LogP) is 2.74. The van der Waals surface area contributed by atoms with Crippen LogP contribution in [0.25, 0.3) is 0 Å². The van der Waals surface area contributed by atoms with Crippen molar-refractivity contribution in [3.63, 3.8) is 0 Å². The highest BCUT2D eigenvalue weighted by atomic mass is 35.5. The standard InChI is InChI=1S/C16H16ClNO4S2/c17-13-6-11(7-14-16(13)22-4-3-21-14)9-24(20)10-15(19)18-8-12-2-1-5-23-12/h1-2,5-7H,3-4,8-10H2,(H,18,19)/t24-/m1/s1. The van der Waals surface area contributed by atoms with Crippen molar-refractivity contribution in [3.8, 4) is 11.5 Å². The van der Waals surface area contributed by atoms with Crippen LogP contribution in [0.15, 0.2) is 29.6 Å². The van der Waals surface area contributed by atoms with Gasteiger partial charge >= 0.3 is 0 Å². The van der Waals surface area contributed by atoms with E-state index in [0.717, 1.165) is 10.4 Å². The Morgan fingerprint density at radius 3 is 2.96 bits per heavy atom. The van der Waals surface area contributed by atoms with Gasteiger partial charge in [0.2, 0.25) is 5.91 Å². The van der Waals surface area contributed by atoms with E-state index in [2.05, 4.69) is 5.32 Å². The summed E-state index contributed by atoms with van der Waals surface area (Å²) >= 11 is 7.73. The zero-order chi connectivity index (χ0) is 16.9. The van der Waals surface area contributed by atoms with Gasteiger partial charge in [-0.3, -0.25) is 9.00 Å². The van der Waals surface area contributed by atoms with Crippen molar-refractivity contribution < 1.29 is 18.5 Å². The lowest BCUT2D eigenvalue weighted by molar-refractivity contribution is -0.118. The molecule has 0 radical (unpaired) electrons. The monoisotopic (exact) mass is 385 g/mol. The summed E-state index contributed by atoms with van der Waals surface area (Å²) in [5.74, 6) is 1.04. The molecule has 5 nitrogen and oxygen atoms in total. The summed E-state index contributed by atoms with van der Waals surface area (Å²) in [4.78, 5) is 12.9. The van der Waals surface area contributed by atoms with Crippen molar-refractivity contribution in [2.75, 3.05) is 19.0 Å². The molecule has 0 fully saturated rings. The normalized spacial score (nSPS) is 14.2. The third-order valence-electron chi connectivity index (χ3n) is 3.32. The molecule has 128 valence electrons. The number of rotatable bonds is 6. The Morgan fingerprint density at radius 2 is 2.17 bits per heavy atom. The molecule has 2 heterocycles. The van der Waals surface area contributed by atoms with E-state index in [9.17, 15) is 9.00 Å². The molecule has 0 spiro atoms. The second-order valence-corrected chi connectivity index (χ2v) is 8.08. The fourth-order valence-electron chi connectivity index (χ4n) is 2.28. The molecule has 0 aliphatic carbocycles. The Hall–Kier alpha value is -1.57. The number of nitrogens with one attached hydrogen (secondary N) is 1. The summed E-state index contributed by atoms with van der Waals surface area (Å²) in [5.41, 5.74) is 0.758. The van der Waals surface area contributed by atoms with Crippen LogP contribution in [-0.4, -0.2) is 29.1 Å². The van der Waals surface area contributed by atoms with Gasteiger partial charge in [0, 0.05) is 21.4 Å². The van der Waals surface area contributed by atoms with E-state index < -0.39 is 10.8 Å². The van der Waals surface area contributed by atoms with Crippen molar-refractivity contribution in [2.45, 2.75) is 12.3 Å². The van der Waals surface area contributed by atoms with Crippen LogP contribution in [0, 0.1) is 0 Å². The van der Waals surface area contributed by atoms with Crippen LogP contribution in [-0.2, 0) is 27.9 Å². The zero-order valence-electron chi connectivity index (χ0n) is 12.7. The van der Waals surface area contributed by atoms with Gasteiger partial charge in [0.05, 0.1) is 11.6 Å². The SMILES string of the molecule is O=C(C[S@](=O)Cc1cc(Cl)c2c(c1)OCCO2)NCc1cccs1. The Labute approximate surface area is 151 Å². The Kier molecular flexibility index (Phi) is 5.76. The summed E-state index contributed by atoms with van der Waals surface area (Å²) in [5, 5.41) is 5.15. The molecule has 0 saturated heterocycles. The molecule has 1 aromatic carbocycles. The molecule has 1 atom stereocenters. The maximum Gasteiger partial charge on any atom is 0.232 e. The summed E-state index contributed by atoms with van der Waals surface area (Å²) in [6.45, 7) is 1.38. The number of thiophene rings is 1. The first kappa shape index (κ1) is 17.3. The number of amides is 1. The lowest BCUT2D eigenvalue weighted by atomic mass is 10.2. The summed E-state index contributed by atoms with van der Waals surface area (Å²) in [6, 6.07) is 7.34. The van der Waals surface area contributed by atoms with Gasteiger partial charge in [-0.1, -0.05) is 17.7 Å². The molecule has 3 rings (SSSR count). The van der Waals surface area contributed by atoms with Gasteiger partial charge in [-0.05, 0) is 29.1 Å². The highest BCUT2D eigenvalue weighted by molar-refractivity contribution is 7.84. The third-order valence-corrected chi connectivity index (χ3v) is 5.71. The average Bonchev–Trinajstić information content (AvgIpc) is 3.06. The smallest absolute Gasteiger partial charge is 0.232 e. The van der Waals surface area contributed by atoms with Crippen LogP contribution in [0.4, 0.5) is 0 Å². The van der Waals surface area contributed by atoms with E-state index in [1.165, 1.54) is 0 Å². The minimum Gasteiger partial charge on any atom is -0.486 e. The summed E-state index contributed by atoms with van der Waals surface area (Å²) < 4.78 is 23.2. The molecule has 1 aromatic heterocycles. The van der Waals surface area contributed by atoms with Gasteiger partial charge in [0.25, 0.3) is 0 Å². The highest BCUT2D eigenvalue weighted by Gasteiger charge is 2.18. The molecule has 8 heteroatoms. The lowest BCUT2D eigenvalue weighted by Crippen LogP contribution is -2.27. The number of hydrogen-bond acceptors (Lipinski definition) is 5. The predicted molar refractivity (Wildman–Crippen MR) is 95.3 cm³/mol. The second-order valence-electron chi connectivity index (χ2n) is 5.19. The van der Waals surface area contributed by atoms with Gasteiger partial charge in [-0.15, -0.1) is 11.3 Å². The molecule has 1 aliphatic rings. The lowest BCUT2D eigenvalue weighted by Gasteiger charge is -2.20. The maximum absolute atomic E-state index is 12.2. The minimum atomic E-state index is -1.32. The van der Waals surface area contributed by atoms with E-state index in [0.29, 0.717) is 36.3 Å². The molecule has 0 saturated carbocycles. The van der Waals surface area contributed by atoms with Crippen molar-refractivity contribution in [2.24, 2.45) is 0 Å². The van der Waals surface area contributed by atoms with Gasteiger partial charge in [0.15, 0.2) is 11.5 Å². The van der Waals surface area contributed by atoms with Crippen LogP contribution in [0.3, 0.4) is 0 Å². The number of carbonyl (C=O) groups is 1. The van der Waals surface area contributed by atoms with Gasteiger partial charge in [-0.2, -0.15) is 0 Å². The molecule has 2 aromatic rings. The number of fused-ring (bicyclic) bond motifs is 1. The molecule has 1 amide bonds. The van der Waals surface area contributed by atoms with E-state index in [-0.39, 0.29) is 17.4 Å². The first-order chi connectivity index (χ1) is 11.6. The van der Waals surface area contributed by atoms with Gasteiger partial charge in [-0.25, -0.2) is 0 Å². The molecule has 1 N–H and O–H groups in total. The number of hydrogen-bond donors (Lipinski definition) is 1. The van der Waals surface area contributed by atoms with E-state index in [4.69, 9.17) is 21.1 Å². The van der Waals surface area contributed by atoms with Crippen molar-refractivity contribution in [3.05, 3.63) is 45.1 Å². The van der Waals surface area contributed by atoms with Crippen molar-refractivity contribution in [1.82, 2.24) is 5.32 Å². The Balaban J connectivity index is 1.54. The number of benzene rings is 1.